The van der Waals surface area contributed by atoms with Gasteiger partial charge in [0.25, 0.3) is 5.91 Å². The summed E-state index contributed by atoms with van der Waals surface area (Å²) in [5.74, 6) is 0.282. The van der Waals surface area contributed by atoms with Crippen molar-refractivity contribution >= 4 is 17.9 Å². The summed E-state index contributed by atoms with van der Waals surface area (Å²) in [5, 5.41) is 12.6. The van der Waals surface area contributed by atoms with Crippen LogP contribution >= 0.6 is 0 Å². The van der Waals surface area contributed by atoms with Crippen molar-refractivity contribution in [3.05, 3.63) is 22.3 Å². The normalized spacial score (nSPS) is 15.8. The predicted octanol–water partition coefficient (Wildman–Crippen LogP) is -0.805. The van der Waals surface area contributed by atoms with E-state index in [0.29, 0.717) is 22.0 Å². The van der Waals surface area contributed by atoms with Gasteiger partial charge in [-0.05, 0) is 0 Å². The minimum Gasteiger partial charge on any atom is -0.267 e. The lowest BCUT2D eigenvalue weighted by atomic mass is 10.2. The van der Waals surface area contributed by atoms with Gasteiger partial charge in [0.05, 0.1) is 17.0 Å². The Labute approximate surface area is 71.7 Å². The molecule has 0 spiro atoms. The molecule has 1 amide bonds. The highest BCUT2D eigenvalue weighted by Gasteiger charge is 2.18. The fourth-order valence-corrected chi connectivity index (χ4v) is 1.30. The number of pyridine rings is 1. The molecular weight excluding hydrogens is 170 g/mol. The maximum Gasteiger partial charge on any atom is 0.275 e. The maximum absolute atomic E-state index is 11.1. The molecule has 0 fully saturated rings. The zero-order chi connectivity index (χ0) is 8.84. The minimum atomic E-state index is -0.231. The van der Waals surface area contributed by atoms with Crippen LogP contribution in [0.4, 0.5) is 5.82 Å². The van der Waals surface area contributed by atoms with E-state index < -0.39 is 0 Å². The number of hydrogen-bond acceptors (Lipinski definition) is 5. The first-order valence-electron chi connectivity index (χ1n) is 3.64. The second-order valence-corrected chi connectivity index (χ2v) is 2.66. The average molecular weight is 173 g/mol. The molecule has 0 unspecified atom stereocenters. The average Bonchev–Trinajstić information content (AvgIpc) is 2.70. The van der Waals surface area contributed by atoms with Gasteiger partial charge in [-0.2, -0.15) is 10.2 Å². The summed E-state index contributed by atoms with van der Waals surface area (Å²) >= 11 is 0. The summed E-state index contributed by atoms with van der Waals surface area (Å²) in [6.45, 7) is 0. The van der Waals surface area contributed by atoms with Gasteiger partial charge in [0.1, 0.15) is 5.36 Å². The lowest BCUT2D eigenvalue weighted by molar-refractivity contribution is 0.0963. The molecule has 3 heterocycles. The standard InChI is InChI=1S/C7H3N5O/c13-7-4-1-8-6-3(2-9-11-6)5(4)10-12-7/h1-2H,(H,12,13). The fraction of sp³-hybridized carbons (Fsp3) is 0. The van der Waals surface area contributed by atoms with Crippen molar-refractivity contribution < 1.29 is 4.79 Å². The number of rotatable bonds is 0. The molecule has 6 nitrogen and oxygen atoms in total. The van der Waals surface area contributed by atoms with E-state index in [-0.39, 0.29) is 5.91 Å². The van der Waals surface area contributed by atoms with E-state index in [1.165, 1.54) is 6.20 Å². The van der Waals surface area contributed by atoms with Crippen molar-refractivity contribution in [3.63, 3.8) is 0 Å². The van der Waals surface area contributed by atoms with Crippen molar-refractivity contribution in [2.75, 3.05) is 0 Å². The van der Waals surface area contributed by atoms with Crippen LogP contribution in [0, 0.1) is 0 Å². The van der Waals surface area contributed by atoms with Gasteiger partial charge in [0, 0.05) is 6.20 Å². The molecule has 0 bridgehead atoms. The highest BCUT2D eigenvalue weighted by atomic mass is 16.2. The third-order valence-corrected chi connectivity index (χ3v) is 1.92. The molecule has 0 radical (unpaired) electrons. The van der Waals surface area contributed by atoms with Gasteiger partial charge in [-0.25, -0.2) is 10.4 Å². The number of azo groups is 1. The van der Waals surface area contributed by atoms with Crippen LogP contribution in [0.2, 0.25) is 0 Å². The zero-order valence-electron chi connectivity index (χ0n) is 6.35. The lowest BCUT2D eigenvalue weighted by Crippen LogP contribution is -2.27. The first-order chi connectivity index (χ1) is 6.36. The molecule has 1 aromatic heterocycles. The first kappa shape index (κ1) is 6.41. The van der Waals surface area contributed by atoms with Gasteiger partial charge in [0.15, 0.2) is 5.82 Å². The number of carbonyl (C=O) groups excluding carboxylic acids is 1. The molecule has 2 aliphatic heterocycles. The second kappa shape index (κ2) is 1.98. The molecule has 62 valence electrons. The van der Waals surface area contributed by atoms with Crippen molar-refractivity contribution in [3.8, 4) is 0 Å². The van der Waals surface area contributed by atoms with Crippen LogP contribution in [0.1, 0.15) is 10.4 Å². The third-order valence-electron chi connectivity index (χ3n) is 1.92. The zero-order valence-corrected chi connectivity index (χ0v) is 6.35. The van der Waals surface area contributed by atoms with Gasteiger partial charge < -0.3 is 0 Å². The van der Waals surface area contributed by atoms with Crippen LogP contribution in [-0.4, -0.2) is 10.9 Å². The Kier molecular flexibility index (Phi) is 0.974. The largest absolute Gasteiger partial charge is 0.275 e. The van der Waals surface area contributed by atoms with Crippen LogP contribution in [0.25, 0.3) is 6.20 Å². The van der Waals surface area contributed by atoms with E-state index in [9.17, 15) is 4.79 Å². The fourth-order valence-electron chi connectivity index (χ4n) is 1.30. The van der Waals surface area contributed by atoms with Crippen LogP contribution in [-0.2, 0) is 0 Å². The van der Waals surface area contributed by atoms with Gasteiger partial charge in [-0.15, -0.1) is 5.11 Å². The molecule has 0 saturated heterocycles. The summed E-state index contributed by atoms with van der Waals surface area (Å²) in [7, 11) is 0. The summed E-state index contributed by atoms with van der Waals surface area (Å²) in [6.07, 6.45) is 3.00. The SMILES string of the molecule is O=C1NN=c2c1cnc1c2=CN=N1. The highest BCUT2D eigenvalue weighted by molar-refractivity contribution is 5.95. The molecule has 3 rings (SSSR count). The minimum absolute atomic E-state index is 0.231. The Bertz CT molecular complexity index is 559. The van der Waals surface area contributed by atoms with E-state index in [0.717, 1.165) is 0 Å². The van der Waals surface area contributed by atoms with Gasteiger partial charge in [0.2, 0.25) is 0 Å². The number of aromatic nitrogens is 1. The third kappa shape index (κ3) is 0.689. The van der Waals surface area contributed by atoms with E-state index in [1.807, 2.05) is 0 Å². The summed E-state index contributed by atoms with van der Waals surface area (Å²) in [4.78, 5) is 15.1. The summed E-state index contributed by atoms with van der Waals surface area (Å²) < 4.78 is 0. The van der Waals surface area contributed by atoms with E-state index in [4.69, 9.17) is 0 Å². The molecule has 0 saturated carbocycles. The van der Waals surface area contributed by atoms with Crippen molar-refractivity contribution in [2.24, 2.45) is 15.3 Å². The van der Waals surface area contributed by atoms with E-state index in [1.54, 1.807) is 6.20 Å². The molecular formula is C7H3N5O. The number of nitrogens with zero attached hydrogens (tertiary/aromatic N) is 4. The second-order valence-electron chi connectivity index (χ2n) is 2.66. The highest BCUT2D eigenvalue weighted by Crippen LogP contribution is 2.05. The van der Waals surface area contributed by atoms with Crippen LogP contribution < -0.4 is 16.0 Å². The van der Waals surface area contributed by atoms with E-state index >= 15 is 0 Å². The van der Waals surface area contributed by atoms with Crippen LogP contribution in [0.15, 0.2) is 21.5 Å². The summed E-state index contributed by atoms with van der Waals surface area (Å²) in [5.41, 5.74) is 2.83. The quantitative estimate of drug-likeness (QED) is 0.557. The Balaban J connectivity index is 2.53. The monoisotopic (exact) mass is 173 g/mol. The van der Waals surface area contributed by atoms with Gasteiger partial charge in [-0.1, -0.05) is 0 Å². The van der Waals surface area contributed by atoms with Crippen LogP contribution in [0.3, 0.4) is 0 Å². The molecule has 1 N–H and O–H groups in total. The smallest absolute Gasteiger partial charge is 0.267 e. The Morgan fingerprint density at radius 2 is 2.31 bits per heavy atom. The molecule has 0 aromatic carbocycles. The van der Waals surface area contributed by atoms with Gasteiger partial charge >= 0.3 is 0 Å². The topological polar surface area (TPSA) is 79.1 Å². The predicted molar refractivity (Wildman–Crippen MR) is 41.5 cm³/mol. The molecule has 1 aromatic rings. The maximum atomic E-state index is 11.1. The number of carbonyl (C=O) groups is 1. The Morgan fingerprint density at radius 3 is 3.23 bits per heavy atom. The van der Waals surface area contributed by atoms with Gasteiger partial charge in [-0.3, -0.25) is 4.79 Å². The van der Waals surface area contributed by atoms with Crippen molar-refractivity contribution in [2.45, 2.75) is 0 Å². The number of hydrogen-bond donors (Lipinski definition) is 1. The van der Waals surface area contributed by atoms with E-state index in [2.05, 4.69) is 25.7 Å². The molecule has 0 atom stereocenters. The van der Waals surface area contributed by atoms with Crippen molar-refractivity contribution in [1.29, 1.82) is 0 Å². The van der Waals surface area contributed by atoms with Crippen molar-refractivity contribution in [1.82, 2.24) is 10.4 Å². The number of nitrogens with one attached hydrogen (secondary N) is 1. The van der Waals surface area contributed by atoms with Crippen LogP contribution in [0.5, 0.6) is 0 Å². The number of amides is 1. The Morgan fingerprint density at radius 1 is 1.38 bits per heavy atom. The number of fused-ring (bicyclic) bond motifs is 3. The lowest BCUT2D eigenvalue weighted by Gasteiger charge is -1.89. The first-order valence-corrected chi connectivity index (χ1v) is 3.64. The molecule has 6 heteroatoms. The Hall–Kier alpha value is -2.11. The molecule has 13 heavy (non-hydrogen) atoms. The molecule has 0 aliphatic carbocycles. The molecule has 2 aliphatic rings. The summed E-state index contributed by atoms with van der Waals surface area (Å²) in [6, 6.07) is 0.